The quantitative estimate of drug-likeness (QED) is 0.346. The molecule has 0 amide bonds. The van der Waals surface area contributed by atoms with Gasteiger partial charge in [0, 0.05) is 13.2 Å². The van der Waals surface area contributed by atoms with Crippen LogP contribution in [0.1, 0.15) is 19.8 Å². The van der Waals surface area contributed by atoms with Crippen molar-refractivity contribution < 1.29 is 18.9 Å². The van der Waals surface area contributed by atoms with Crippen molar-refractivity contribution in [1.29, 1.82) is 0 Å². The Morgan fingerprint density at radius 2 is 1.35 bits per heavy atom. The van der Waals surface area contributed by atoms with Crippen LogP contribution in [0.25, 0.3) is 0 Å². The van der Waals surface area contributed by atoms with Crippen LogP contribution in [-0.4, -0.2) is 66.4 Å². The highest BCUT2D eigenvalue weighted by Gasteiger charge is 1.94. The maximum atomic E-state index is 5.41. The van der Waals surface area contributed by atoms with Gasteiger partial charge in [-0.2, -0.15) is 0 Å². The normalized spacial score (nSPS) is 10.9. The van der Waals surface area contributed by atoms with Gasteiger partial charge in [-0.25, -0.2) is 0 Å². The van der Waals surface area contributed by atoms with Gasteiger partial charge in [0.25, 0.3) is 0 Å². The van der Waals surface area contributed by atoms with E-state index in [1.807, 2.05) is 7.05 Å². The van der Waals surface area contributed by atoms with E-state index in [1.165, 1.54) is 6.42 Å². The molecular weight excluding hydrogens is 258 g/mol. The Kier molecular flexibility index (Phi) is 16.2. The molecule has 0 aromatic heterocycles. The van der Waals surface area contributed by atoms with Crippen LogP contribution in [-0.2, 0) is 18.9 Å². The molecule has 0 spiro atoms. The monoisotopic (exact) mass is 289 g/mol. The van der Waals surface area contributed by atoms with E-state index >= 15 is 0 Å². The summed E-state index contributed by atoms with van der Waals surface area (Å²) in [4.78, 5) is 0. The molecule has 0 aliphatic carbocycles. The van der Waals surface area contributed by atoms with Crippen LogP contribution in [0.5, 0.6) is 0 Å². The molecule has 5 heteroatoms. The third kappa shape index (κ3) is 15.6. The Hall–Kier alpha value is -0.460. The lowest BCUT2D eigenvalue weighted by Crippen LogP contribution is -2.15. The molecule has 0 saturated heterocycles. The molecule has 0 bridgehead atoms. The van der Waals surface area contributed by atoms with E-state index in [-0.39, 0.29) is 0 Å². The van der Waals surface area contributed by atoms with Crippen LogP contribution in [0, 0.1) is 0 Å². The first-order valence-corrected chi connectivity index (χ1v) is 7.43. The van der Waals surface area contributed by atoms with Crippen LogP contribution < -0.4 is 5.32 Å². The second-order valence-electron chi connectivity index (χ2n) is 4.52. The summed E-state index contributed by atoms with van der Waals surface area (Å²) in [5.74, 6) is 0. The Labute approximate surface area is 123 Å². The molecule has 1 N–H and O–H groups in total. The number of unbranched alkanes of at least 4 members (excludes halogenated alkanes) is 1. The lowest BCUT2D eigenvalue weighted by molar-refractivity contribution is 0.0000687. The second kappa shape index (κ2) is 16.6. The summed E-state index contributed by atoms with van der Waals surface area (Å²) in [6.07, 6.45) is 2.28. The summed E-state index contributed by atoms with van der Waals surface area (Å²) >= 11 is 0. The first-order chi connectivity index (χ1) is 9.81. The number of hydrogen-bond donors (Lipinski definition) is 1. The van der Waals surface area contributed by atoms with E-state index in [9.17, 15) is 0 Å². The third-order valence-electron chi connectivity index (χ3n) is 2.49. The highest BCUT2D eigenvalue weighted by atomic mass is 16.6. The van der Waals surface area contributed by atoms with Crippen LogP contribution in [0.4, 0.5) is 0 Å². The van der Waals surface area contributed by atoms with Crippen LogP contribution in [0.2, 0.25) is 0 Å². The van der Waals surface area contributed by atoms with E-state index in [0.717, 1.165) is 25.1 Å². The molecule has 5 nitrogen and oxygen atoms in total. The maximum Gasteiger partial charge on any atom is 0.0704 e. The summed E-state index contributed by atoms with van der Waals surface area (Å²) in [6, 6.07) is 0. The minimum atomic E-state index is 0.579. The van der Waals surface area contributed by atoms with E-state index in [4.69, 9.17) is 18.9 Å². The number of likely N-dealkylation sites (N-methyl/N-ethyl adjacent to an activating group) is 1. The first kappa shape index (κ1) is 19.5. The van der Waals surface area contributed by atoms with Gasteiger partial charge >= 0.3 is 0 Å². The van der Waals surface area contributed by atoms with Crippen LogP contribution in [0.15, 0.2) is 12.2 Å². The molecule has 0 saturated carbocycles. The van der Waals surface area contributed by atoms with E-state index in [1.54, 1.807) is 0 Å². The van der Waals surface area contributed by atoms with Gasteiger partial charge in [0.2, 0.25) is 0 Å². The minimum Gasteiger partial charge on any atom is -0.379 e. The van der Waals surface area contributed by atoms with Gasteiger partial charge in [-0.05, 0) is 19.0 Å². The van der Waals surface area contributed by atoms with Gasteiger partial charge in [0.15, 0.2) is 0 Å². The highest BCUT2D eigenvalue weighted by molar-refractivity contribution is 4.96. The summed E-state index contributed by atoms with van der Waals surface area (Å²) in [6.45, 7) is 11.9. The highest BCUT2D eigenvalue weighted by Crippen LogP contribution is 1.90. The predicted octanol–water partition coefficient (Wildman–Crippen LogP) is 1.63. The third-order valence-corrected chi connectivity index (χ3v) is 2.49. The molecule has 0 unspecified atom stereocenters. The molecule has 0 heterocycles. The van der Waals surface area contributed by atoms with Gasteiger partial charge in [-0.3, -0.25) is 0 Å². The summed E-state index contributed by atoms with van der Waals surface area (Å²) < 4.78 is 21.5. The lowest BCUT2D eigenvalue weighted by atomic mass is 10.3. The van der Waals surface area contributed by atoms with Gasteiger partial charge < -0.3 is 24.3 Å². The van der Waals surface area contributed by atoms with Crippen LogP contribution >= 0.6 is 0 Å². The standard InChI is InChI=1S/C15H31NO4/c1-4-5-6-17-7-8-18-9-10-19-11-12-20-14-15(2)13-16-3/h16H,2,4-14H2,1,3H3. The molecule has 0 aliphatic heterocycles. The fourth-order valence-electron chi connectivity index (χ4n) is 1.42. The Bertz CT molecular complexity index is 212. The Balaban J connectivity index is 3.01. The van der Waals surface area contributed by atoms with Gasteiger partial charge in [0.05, 0.1) is 46.2 Å². The number of hydrogen-bond acceptors (Lipinski definition) is 5. The van der Waals surface area contributed by atoms with Gasteiger partial charge in [-0.15, -0.1) is 0 Å². The molecule has 0 atom stereocenters. The van der Waals surface area contributed by atoms with Crippen molar-refractivity contribution in [2.45, 2.75) is 19.8 Å². The fraction of sp³-hybridized carbons (Fsp3) is 0.867. The van der Waals surface area contributed by atoms with Crippen molar-refractivity contribution >= 4 is 0 Å². The molecule has 0 aromatic rings. The van der Waals surface area contributed by atoms with Crippen molar-refractivity contribution in [3.05, 3.63) is 12.2 Å². The average Bonchev–Trinajstić information content (AvgIpc) is 2.44. The second-order valence-corrected chi connectivity index (χ2v) is 4.52. The van der Waals surface area contributed by atoms with E-state index in [0.29, 0.717) is 46.2 Å². The Morgan fingerprint density at radius 1 is 0.850 bits per heavy atom. The number of nitrogens with one attached hydrogen (secondary N) is 1. The smallest absolute Gasteiger partial charge is 0.0704 e. The molecule has 20 heavy (non-hydrogen) atoms. The maximum absolute atomic E-state index is 5.41. The minimum absolute atomic E-state index is 0.579. The van der Waals surface area contributed by atoms with Crippen molar-refractivity contribution in [2.75, 3.05) is 66.4 Å². The molecule has 0 fully saturated rings. The zero-order chi connectivity index (χ0) is 14.9. The Morgan fingerprint density at radius 3 is 1.85 bits per heavy atom. The van der Waals surface area contributed by atoms with Crippen LogP contribution in [0.3, 0.4) is 0 Å². The fourth-order valence-corrected chi connectivity index (χ4v) is 1.42. The molecule has 0 aromatic carbocycles. The van der Waals surface area contributed by atoms with E-state index in [2.05, 4.69) is 18.8 Å². The molecule has 120 valence electrons. The topological polar surface area (TPSA) is 49.0 Å². The lowest BCUT2D eigenvalue weighted by Gasteiger charge is -2.08. The largest absolute Gasteiger partial charge is 0.379 e. The number of rotatable bonds is 16. The van der Waals surface area contributed by atoms with Gasteiger partial charge in [-0.1, -0.05) is 19.9 Å². The molecule has 0 radical (unpaired) electrons. The number of ether oxygens (including phenoxy) is 4. The molecule has 0 rings (SSSR count). The predicted molar refractivity (Wildman–Crippen MR) is 81.3 cm³/mol. The SMILES string of the molecule is C=C(CNC)COCCOCCOCCOCCCC. The van der Waals surface area contributed by atoms with Crippen molar-refractivity contribution in [3.63, 3.8) is 0 Å². The average molecular weight is 289 g/mol. The zero-order valence-electron chi connectivity index (χ0n) is 13.1. The van der Waals surface area contributed by atoms with E-state index < -0.39 is 0 Å². The van der Waals surface area contributed by atoms with Crippen molar-refractivity contribution in [3.8, 4) is 0 Å². The summed E-state index contributed by atoms with van der Waals surface area (Å²) in [5, 5.41) is 3.03. The first-order valence-electron chi connectivity index (χ1n) is 7.43. The van der Waals surface area contributed by atoms with Crippen molar-refractivity contribution in [1.82, 2.24) is 5.32 Å². The molecular formula is C15H31NO4. The zero-order valence-corrected chi connectivity index (χ0v) is 13.1. The van der Waals surface area contributed by atoms with Crippen molar-refractivity contribution in [2.24, 2.45) is 0 Å². The summed E-state index contributed by atoms with van der Waals surface area (Å²) in [5.41, 5.74) is 1.04. The summed E-state index contributed by atoms with van der Waals surface area (Å²) in [7, 11) is 1.89. The molecule has 0 aliphatic rings. The van der Waals surface area contributed by atoms with Gasteiger partial charge in [0.1, 0.15) is 0 Å².